The van der Waals surface area contributed by atoms with Crippen molar-refractivity contribution >= 4 is 29.9 Å². The number of amides is 1. The number of carbonyl (C=O) groups is 1. The summed E-state index contributed by atoms with van der Waals surface area (Å²) in [6, 6.07) is 6.90. The molecule has 0 heterocycles. The van der Waals surface area contributed by atoms with Crippen LogP contribution in [0, 0.1) is 5.41 Å². The molecule has 1 rings (SSSR count). The number of hydrogen-bond donors (Lipinski definition) is 1. The SMILES string of the molecule is CN(CC(C)(C)CN)C(=O)c1ccc(Cl)cc1.Cl. The Morgan fingerprint density at radius 2 is 1.83 bits per heavy atom. The molecule has 0 aliphatic heterocycles. The molecule has 0 aliphatic carbocycles. The van der Waals surface area contributed by atoms with Crippen molar-refractivity contribution in [1.29, 1.82) is 0 Å². The zero-order chi connectivity index (χ0) is 13.1. The first kappa shape index (κ1) is 17.2. The molecule has 3 nitrogen and oxygen atoms in total. The second-order valence-corrected chi connectivity index (χ2v) is 5.47. The first-order valence-corrected chi connectivity index (χ1v) is 5.94. The van der Waals surface area contributed by atoms with Crippen molar-refractivity contribution in [3.8, 4) is 0 Å². The monoisotopic (exact) mass is 290 g/mol. The van der Waals surface area contributed by atoms with Crippen LogP contribution in [0.2, 0.25) is 5.02 Å². The molecule has 0 fully saturated rings. The number of rotatable bonds is 4. The van der Waals surface area contributed by atoms with Gasteiger partial charge in [-0.1, -0.05) is 25.4 Å². The van der Waals surface area contributed by atoms with Crippen molar-refractivity contribution in [1.82, 2.24) is 4.90 Å². The molecule has 102 valence electrons. The zero-order valence-corrected chi connectivity index (χ0v) is 12.5. The summed E-state index contributed by atoms with van der Waals surface area (Å²) in [5.41, 5.74) is 6.23. The van der Waals surface area contributed by atoms with E-state index in [2.05, 4.69) is 0 Å². The average Bonchev–Trinajstić information content (AvgIpc) is 2.28. The van der Waals surface area contributed by atoms with Crippen LogP contribution in [-0.2, 0) is 0 Å². The lowest BCUT2D eigenvalue weighted by molar-refractivity contribution is 0.0740. The van der Waals surface area contributed by atoms with Gasteiger partial charge in [0.15, 0.2) is 0 Å². The van der Waals surface area contributed by atoms with Gasteiger partial charge in [0.2, 0.25) is 0 Å². The van der Waals surface area contributed by atoms with E-state index in [1.807, 2.05) is 13.8 Å². The van der Waals surface area contributed by atoms with Gasteiger partial charge in [0.25, 0.3) is 5.91 Å². The number of nitrogens with two attached hydrogens (primary N) is 1. The van der Waals surface area contributed by atoms with Crippen LogP contribution in [0.15, 0.2) is 24.3 Å². The van der Waals surface area contributed by atoms with E-state index in [1.165, 1.54) is 0 Å². The van der Waals surface area contributed by atoms with Gasteiger partial charge in [-0.05, 0) is 36.2 Å². The molecule has 18 heavy (non-hydrogen) atoms. The molecule has 0 aliphatic rings. The molecule has 1 aromatic carbocycles. The summed E-state index contributed by atoms with van der Waals surface area (Å²) in [7, 11) is 1.79. The van der Waals surface area contributed by atoms with E-state index in [0.29, 0.717) is 23.7 Å². The molecule has 5 heteroatoms. The Morgan fingerprint density at radius 1 is 1.33 bits per heavy atom. The maximum Gasteiger partial charge on any atom is 0.253 e. The Hall–Kier alpha value is -0.770. The fourth-order valence-corrected chi connectivity index (χ4v) is 1.72. The van der Waals surface area contributed by atoms with Gasteiger partial charge in [0, 0.05) is 24.2 Å². The molecule has 1 aromatic rings. The lowest BCUT2D eigenvalue weighted by atomic mass is 9.93. The van der Waals surface area contributed by atoms with Gasteiger partial charge in [-0.15, -0.1) is 12.4 Å². The summed E-state index contributed by atoms with van der Waals surface area (Å²) in [4.78, 5) is 13.8. The molecule has 0 unspecified atom stereocenters. The maximum atomic E-state index is 12.1. The van der Waals surface area contributed by atoms with Crippen molar-refractivity contribution in [2.24, 2.45) is 11.1 Å². The Labute approximate surface area is 120 Å². The Bertz CT molecular complexity index is 390. The first-order valence-electron chi connectivity index (χ1n) is 5.57. The fourth-order valence-electron chi connectivity index (χ4n) is 1.59. The summed E-state index contributed by atoms with van der Waals surface area (Å²) in [6.07, 6.45) is 0. The van der Waals surface area contributed by atoms with E-state index < -0.39 is 0 Å². The largest absolute Gasteiger partial charge is 0.341 e. The summed E-state index contributed by atoms with van der Waals surface area (Å²) in [5.74, 6) is -0.0109. The van der Waals surface area contributed by atoms with E-state index in [0.717, 1.165) is 0 Å². The molecule has 0 atom stereocenters. The minimum atomic E-state index is -0.0726. The van der Waals surface area contributed by atoms with Crippen LogP contribution in [0.1, 0.15) is 24.2 Å². The predicted molar refractivity (Wildman–Crippen MR) is 78.5 cm³/mol. The van der Waals surface area contributed by atoms with Gasteiger partial charge >= 0.3 is 0 Å². The third kappa shape index (κ3) is 4.84. The van der Waals surface area contributed by atoms with Gasteiger partial charge < -0.3 is 10.6 Å². The fraction of sp³-hybridized carbons (Fsp3) is 0.462. The Balaban J connectivity index is 0.00000289. The summed E-state index contributed by atoms with van der Waals surface area (Å²) >= 11 is 5.78. The van der Waals surface area contributed by atoms with Crippen LogP contribution in [-0.4, -0.2) is 30.9 Å². The van der Waals surface area contributed by atoms with Crippen molar-refractivity contribution in [3.63, 3.8) is 0 Å². The third-order valence-electron chi connectivity index (χ3n) is 2.66. The highest BCUT2D eigenvalue weighted by atomic mass is 35.5. The van der Waals surface area contributed by atoms with Crippen LogP contribution in [0.5, 0.6) is 0 Å². The van der Waals surface area contributed by atoms with Crippen molar-refractivity contribution in [2.75, 3.05) is 20.1 Å². The molecule has 1 amide bonds. The van der Waals surface area contributed by atoms with Gasteiger partial charge in [0.05, 0.1) is 0 Å². The third-order valence-corrected chi connectivity index (χ3v) is 2.91. The van der Waals surface area contributed by atoms with Gasteiger partial charge in [-0.3, -0.25) is 4.79 Å². The van der Waals surface area contributed by atoms with Crippen molar-refractivity contribution in [3.05, 3.63) is 34.9 Å². The molecule has 0 bridgehead atoms. The molecule has 0 aromatic heterocycles. The minimum Gasteiger partial charge on any atom is -0.341 e. The standard InChI is InChI=1S/C13H19ClN2O.ClH/c1-13(2,8-15)9-16(3)12(17)10-4-6-11(14)7-5-10;/h4-7H,8-9,15H2,1-3H3;1H. The minimum absolute atomic E-state index is 0. The molecule has 0 saturated carbocycles. The lowest BCUT2D eigenvalue weighted by Crippen LogP contribution is -2.39. The summed E-state index contributed by atoms with van der Waals surface area (Å²) in [6.45, 7) is 5.26. The van der Waals surface area contributed by atoms with E-state index >= 15 is 0 Å². The lowest BCUT2D eigenvalue weighted by Gasteiger charge is -2.29. The topological polar surface area (TPSA) is 46.3 Å². The molecule has 0 radical (unpaired) electrons. The van der Waals surface area contributed by atoms with Crippen LogP contribution in [0.4, 0.5) is 0 Å². The van der Waals surface area contributed by atoms with Crippen LogP contribution in [0.25, 0.3) is 0 Å². The molecule has 2 N–H and O–H groups in total. The zero-order valence-electron chi connectivity index (χ0n) is 10.9. The second-order valence-electron chi connectivity index (χ2n) is 5.04. The summed E-state index contributed by atoms with van der Waals surface area (Å²) < 4.78 is 0. The second kappa shape index (κ2) is 6.98. The number of hydrogen-bond acceptors (Lipinski definition) is 2. The van der Waals surface area contributed by atoms with Gasteiger partial charge in [0.1, 0.15) is 0 Å². The Morgan fingerprint density at radius 3 is 2.28 bits per heavy atom. The average molecular weight is 291 g/mol. The van der Waals surface area contributed by atoms with E-state index in [-0.39, 0.29) is 23.7 Å². The highest BCUT2D eigenvalue weighted by molar-refractivity contribution is 6.30. The van der Waals surface area contributed by atoms with E-state index in [9.17, 15) is 4.79 Å². The van der Waals surface area contributed by atoms with Crippen molar-refractivity contribution in [2.45, 2.75) is 13.8 Å². The molecular weight excluding hydrogens is 271 g/mol. The molecule has 0 saturated heterocycles. The highest BCUT2D eigenvalue weighted by Gasteiger charge is 2.21. The number of nitrogens with zero attached hydrogens (tertiary/aromatic N) is 1. The van der Waals surface area contributed by atoms with E-state index in [4.69, 9.17) is 17.3 Å². The van der Waals surface area contributed by atoms with Gasteiger partial charge in [-0.25, -0.2) is 0 Å². The first-order chi connectivity index (χ1) is 7.85. The highest BCUT2D eigenvalue weighted by Crippen LogP contribution is 2.16. The smallest absolute Gasteiger partial charge is 0.253 e. The number of halogens is 2. The quantitative estimate of drug-likeness (QED) is 0.927. The summed E-state index contributed by atoms with van der Waals surface area (Å²) in [5, 5.41) is 0.631. The number of benzene rings is 1. The van der Waals surface area contributed by atoms with Crippen LogP contribution in [0.3, 0.4) is 0 Å². The van der Waals surface area contributed by atoms with Crippen LogP contribution >= 0.6 is 24.0 Å². The molecular formula is C13H20Cl2N2O. The predicted octanol–water partition coefficient (Wildman–Crippen LogP) is 2.82. The van der Waals surface area contributed by atoms with Crippen LogP contribution < -0.4 is 5.73 Å². The van der Waals surface area contributed by atoms with Gasteiger partial charge in [-0.2, -0.15) is 0 Å². The number of carbonyl (C=O) groups excluding carboxylic acids is 1. The van der Waals surface area contributed by atoms with E-state index in [1.54, 1.807) is 36.2 Å². The Kier molecular flexibility index (Phi) is 6.68. The van der Waals surface area contributed by atoms with Crippen molar-refractivity contribution < 1.29 is 4.79 Å². The maximum absolute atomic E-state index is 12.1. The molecule has 0 spiro atoms. The normalized spacial score (nSPS) is 10.7.